The number of sulfonamides is 1. The average molecular weight is 378 g/mol. The Kier molecular flexibility index (Phi) is 5.76. The highest BCUT2D eigenvalue weighted by Crippen LogP contribution is 2.24. The Hall–Kier alpha value is -2.04. The summed E-state index contributed by atoms with van der Waals surface area (Å²) >= 11 is 0. The molecule has 2 aromatic rings. The molecule has 1 N–H and O–H groups in total. The van der Waals surface area contributed by atoms with E-state index in [1.165, 1.54) is 6.26 Å². The number of furan rings is 1. The maximum atomic E-state index is 12.3. The molecule has 6 nitrogen and oxygen atoms in total. The summed E-state index contributed by atoms with van der Waals surface area (Å²) in [4.78, 5) is 1.61. The fraction of sp³-hybridized carbons (Fsp3) is 0.333. The number of halogens is 3. The van der Waals surface area contributed by atoms with Crippen LogP contribution in [0.25, 0.3) is 0 Å². The first kappa shape index (κ1) is 19.3. The molecule has 1 heterocycles. The van der Waals surface area contributed by atoms with Crippen LogP contribution >= 0.6 is 0 Å². The fourth-order valence-electron chi connectivity index (χ4n) is 2.11. The Balaban J connectivity index is 2.08. The third-order valence-corrected chi connectivity index (χ3v) is 4.77. The molecule has 0 fully saturated rings. The first-order chi connectivity index (χ1) is 11.6. The first-order valence-corrected chi connectivity index (χ1v) is 8.62. The number of likely N-dealkylation sites (N-methyl/N-ethyl adjacent to an activating group) is 1. The zero-order valence-corrected chi connectivity index (χ0v) is 14.3. The molecule has 138 valence electrons. The highest BCUT2D eigenvalue weighted by molar-refractivity contribution is 7.89. The second kappa shape index (κ2) is 7.46. The molecule has 1 atom stereocenters. The second-order valence-corrected chi connectivity index (χ2v) is 7.13. The summed E-state index contributed by atoms with van der Waals surface area (Å²) in [5.74, 6) is 0.0924. The molecular weight excluding hydrogens is 361 g/mol. The summed E-state index contributed by atoms with van der Waals surface area (Å²) in [5.41, 5.74) is 0. The molecule has 0 saturated carbocycles. The Morgan fingerprint density at radius 2 is 1.84 bits per heavy atom. The molecule has 25 heavy (non-hydrogen) atoms. The molecule has 10 heteroatoms. The highest BCUT2D eigenvalue weighted by Gasteiger charge is 2.31. The van der Waals surface area contributed by atoms with Crippen molar-refractivity contribution in [3.05, 3.63) is 48.4 Å². The van der Waals surface area contributed by atoms with Gasteiger partial charge in [0.2, 0.25) is 10.0 Å². The summed E-state index contributed by atoms with van der Waals surface area (Å²) in [7, 11) is -0.358. The Labute approximate surface area is 143 Å². The molecule has 1 aromatic heterocycles. The van der Waals surface area contributed by atoms with Gasteiger partial charge in [0.05, 0.1) is 17.2 Å². The monoisotopic (exact) mass is 378 g/mol. The number of hydrogen-bond acceptors (Lipinski definition) is 5. The average Bonchev–Trinajstić information content (AvgIpc) is 3.00. The fourth-order valence-corrected chi connectivity index (χ4v) is 3.15. The zero-order chi connectivity index (χ0) is 18.7. The van der Waals surface area contributed by atoms with Gasteiger partial charge in [0.25, 0.3) is 0 Å². The predicted octanol–water partition coefficient (Wildman–Crippen LogP) is 2.76. The van der Waals surface area contributed by atoms with Crippen LogP contribution in [0.2, 0.25) is 0 Å². The second-order valence-electron chi connectivity index (χ2n) is 5.37. The molecule has 0 amide bonds. The molecule has 2 rings (SSSR count). The van der Waals surface area contributed by atoms with Crippen LogP contribution in [-0.4, -0.2) is 40.3 Å². The summed E-state index contributed by atoms with van der Waals surface area (Å²) in [6, 6.07) is 7.05. The van der Waals surface area contributed by atoms with Gasteiger partial charge in [-0.15, -0.1) is 13.2 Å². The van der Waals surface area contributed by atoms with E-state index in [0.717, 1.165) is 24.3 Å². The van der Waals surface area contributed by atoms with Crippen LogP contribution in [0.15, 0.2) is 52.0 Å². The summed E-state index contributed by atoms with van der Waals surface area (Å²) in [6.45, 7) is 0.0314. The topological polar surface area (TPSA) is 71.8 Å². The van der Waals surface area contributed by atoms with Crippen molar-refractivity contribution in [1.82, 2.24) is 9.62 Å². The van der Waals surface area contributed by atoms with Crippen molar-refractivity contribution in [1.29, 1.82) is 0 Å². The van der Waals surface area contributed by atoms with E-state index in [-0.39, 0.29) is 17.5 Å². The van der Waals surface area contributed by atoms with E-state index >= 15 is 0 Å². The minimum Gasteiger partial charge on any atom is -0.468 e. The number of alkyl halides is 3. The van der Waals surface area contributed by atoms with Crippen LogP contribution in [0.4, 0.5) is 13.2 Å². The van der Waals surface area contributed by atoms with Gasteiger partial charge in [0, 0.05) is 6.54 Å². The number of rotatable bonds is 7. The molecule has 1 aromatic carbocycles. The van der Waals surface area contributed by atoms with E-state index in [1.54, 1.807) is 31.1 Å². The molecule has 0 aliphatic heterocycles. The van der Waals surface area contributed by atoms with Crippen LogP contribution < -0.4 is 9.46 Å². The van der Waals surface area contributed by atoms with Crippen LogP contribution in [0, 0.1) is 0 Å². The van der Waals surface area contributed by atoms with E-state index in [0.29, 0.717) is 5.76 Å². The summed E-state index contributed by atoms with van der Waals surface area (Å²) in [5, 5.41) is 0. The number of benzene rings is 1. The SMILES string of the molecule is CN(C)C(CNS(=O)(=O)c1ccc(OC(F)(F)F)cc1)c1ccco1. The molecule has 1 unspecified atom stereocenters. The highest BCUT2D eigenvalue weighted by atomic mass is 32.2. The standard InChI is InChI=1S/C15H17F3N2O4S/c1-20(2)13(14-4-3-9-23-14)10-19-25(21,22)12-7-5-11(6-8-12)24-15(16,17)18/h3-9,13,19H,10H2,1-2H3. The lowest BCUT2D eigenvalue weighted by Crippen LogP contribution is -2.34. The van der Waals surface area contributed by atoms with Crippen LogP contribution in [0.5, 0.6) is 5.75 Å². The Morgan fingerprint density at radius 3 is 2.32 bits per heavy atom. The number of ether oxygens (including phenoxy) is 1. The van der Waals surface area contributed by atoms with Gasteiger partial charge < -0.3 is 9.15 Å². The van der Waals surface area contributed by atoms with Crippen LogP contribution in [0.1, 0.15) is 11.8 Å². The molecule has 0 bridgehead atoms. The quantitative estimate of drug-likeness (QED) is 0.802. The number of nitrogens with one attached hydrogen (secondary N) is 1. The lowest BCUT2D eigenvalue weighted by molar-refractivity contribution is -0.274. The van der Waals surface area contributed by atoms with Crippen molar-refractivity contribution >= 4 is 10.0 Å². The van der Waals surface area contributed by atoms with Crippen molar-refractivity contribution in [3.63, 3.8) is 0 Å². The minimum absolute atomic E-state index is 0.0314. The number of hydrogen-bond donors (Lipinski definition) is 1. The van der Waals surface area contributed by atoms with E-state index < -0.39 is 22.1 Å². The normalized spacial score (nSPS) is 13.8. The molecule has 0 spiro atoms. The maximum Gasteiger partial charge on any atom is 0.573 e. The minimum atomic E-state index is -4.83. The first-order valence-electron chi connectivity index (χ1n) is 7.14. The van der Waals surface area contributed by atoms with Crippen LogP contribution in [0.3, 0.4) is 0 Å². The zero-order valence-electron chi connectivity index (χ0n) is 13.4. The molecule has 0 saturated heterocycles. The van der Waals surface area contributed by atoms with Gasteiger partial charge in [-0.05, 0) is 50.5 Å². The van der Waals surface area contributed by atoms with E-state index in [2.05, 4.69) is 9.46 Å². The predicted molar refractivity (Wildman–Crippen MR) is 83.4 cm³/mol. The maximum absolute atomic E-state index is 12.3. The van der Waals surface area contributed by atoms with Gasteiger partial charge in [0.1, 0.15) is 11.5 Å². The third kappa shape index (κ3) is 5.48. The van der Waals surface area contributed by atoms with Gasteiger partial charge in [-0.1, -0.05) is 0 Å². The van der Waals surface area contributed by atoms with Gasteiger partial charge in [0.15, 0.2) is 0 Å². The van der Waals surface area contributed by atoms with Crippen molar-refractivity contribution in [3.8, 4) is 5.75 Å². The van der Waals surface area contributed by atoms with Crippen molar-refractivity contribution in [2.45, 2.75) is 17.3 Å². The van der Waals surface area contributed by atoms with Gasteiger partial charge in [-0.2, -0.15) is 0 Å². The lowest BCUT2D eigenvalue weighted by Gasteiger charge is -2.22. The van der Waals surface area contributed by atoms with Gasteiger partial charge in [-0.25, -0.2) is 13.1 Å². The number of nitrogens with zero attached hydrogens (tertiary/aromatic N) is 1. The summed E-state index contributed by atoms with van der Waals surface area (Å²) < 4.78 is 72.4. The molecule has 0 aliphatic carbocycles. The van der Waals surface area contributed by atoms with Gasteiger partial charge >= 0.3 is 6.36 Å². The van der Waals surface area contributed by atoms with Crippen LogP contribution in [-0.2, 0) is 10.0 Å². The molecule has 0 radical (unpaired) electrons. The van der Waals surface area contributed by atoms with Crippen molar-refractivity contribution < 1.29 is 30.7 Å². The largest absolute Gasteiger partial charge is 0.573 e. The lowest BCUT2D eigenvalue weighted by atomic mass is 10.2. The molecular formula is C15H17F3N2O4S. The van der Waals surface area contributed by atoms with E-state index in [4.69, 9.17) is 4.42 Å². The summed E-state index contributed by atoms with van der Waals surface area (Å²) in [6.07, 6.45) is -3.35. The van der Waals surface area contributed by atoms with E-state index in [9.17, 15) is 21.6 Å². The smallest absolute Gasteiger partial charge is 0.468 e. The Morgan fingerprint density at radius 1 is 1.20 bits per heavy atom. The van der Waals surface area contributed by atoms with E-state index in [1.807, 2.05) is 0 Å². The third-order valence-electron chi connectivity index (χ3n) is 3.33. The van der Waals surface area contributed by atoms with Crippen molar-refractivity contribution in [2.24, 2.45) is 0 Å². The molecule has 0 aliphatic rings. The van der Waals surface area contributed by atoms with Gasteiger partial charge in [-0.3, -0.25) is 4.90 Å². The Bertz CT molecular complexity index is 772. The van der Waals surface area contributed by atoms with Crippen molar-refractivity contribution in [2.75, 3.05) is 20.6 Å².